The van der Waals surface area contributed by atoms with E-state index in [0.29, 0.717) is 12.8 Å². The topological polar surface area (TPSA) is 50.9 Å². The van der Waals surface area contributed by atoms with Gasteiger partial charge in [-0.25, -0.2) is 8.78 Å². The molecule has 1 heterocycles. The van der Waals surface area contributed by atoms with Crippen LogP contribution in [-0.2, 0) is 6.42 Å². The van der Waals surface area contributed by atoms with E-state index in [0.717, 1.165) is 5.56 Å². The number of nitrogens with one attached hydrogen (secondary N) is 1. The molecule has 6 heteroatoms. The maximum absolute atomic E-state index is 14.0. The van der Waals surface area contributed by atoms with Gasteiger partial charge >= 0.3 is 0 Å². The number of nitrogens with two attached hydrogens (primary N) is 1. The van der Waals surface area contributed by atoms with E-state index in [-0.39, 0.29) is 10.0 Å². The highest BCUT2D eigenvalue weighted by Crippen LogP contribution is 2.28. The lowest BCUT2D eigenvalue weighted by atomic mass is 9.99. The molecule has 1 aromatic heterocycles. The number of benzene rings is 1. The van der Waals surface area contributed by atoms with Crippen molar-refractivity contribution in [1.29, 1.82) is 0 Å². The third-order valence-corrected chi connectivity index (χ3v) is 3.69. The van der Waals surface area contributed by atoms with Crippen molar-refractivity contribution in [1.82, 2.24) is 10.4 Å². The van der Waals surface area contributed by atoms with Crippen LogP contribution in [0.3, 0.4) is 0 Å². The standard InChI is InChI=1S/C14H14BrF2N3/c15-10-4-5-11(16)13(14(10)17)12(20-18)6-3-9-2-1-7-19-8-9/h1-2,4-5,7-8,12,20H,3,6,18H2. The molecule has 3 N–H and O–H groups in total. The predicted octanol–water partition coefficient (Wildman–Crippen LogP) is 3.26. The third-order valence-electron chi connectivity index (χ3n) is 3.07. The molecule has 0 spiro atoms. The zero-order chi connectivity index (χ0) is 14.5. The summed E-state index contributed by atoms with van der Waals surface area (Å²) >= 11 is 3.05. The van der Waals surface area contributed by atoms with Gasteiger partial charge in [-0.15, -0.1) is 0 Å². The lowest BCUT2D eigenvalue weighted by Gasteiger charge is -2.18. The van der Waals surface area contributed by atoms with Gasteiger partial charge in [0, 0.05) is 18.0 Å². The SMILES string of the molecule is NNC(CCc1cccnc1)c1c(F)ccc(Br)c1F. The molecular formula is C14H14BrF2N3. The first-order chi connectivity index (χ1) is 9.63. The molecule has 0 fully saturated rings. The normalized spacial score (nSPS) is 12.4. The highest BCUT2D eigenvalue weighted by Gasteiger charge is 2.21. The molecule has 0 aliphatic heterocycles. The average Bonchev–Trinajstić information content (AvgIpc) is 2.47. The monoisotopic (exact) mass is 341 g/mol. The summed E-state index contributed by atoms with van der Waals surface area (Å²) in [6.07, 6.45) is 4.48. The second-order valence-electron chi connectivity index (χ2n) is 4.38. The van der Waals surface area contributed by atoms with E-state index in [2.05, 4.69) is 26.3 Å². The van der Waals surface area contributed by atoms with Crippen LogP contribution in [0, 0.1) is 11.6 Å². The molecule has 2 rings (SSSR count). The Morgan fingerprint density at radius 3 is 2.75 bits per heavy atom. The van der Waals surface area contributed by atoms with Crippen molar-refractivity contribution < 1.29 is 8.78 Å². The van der Waals surface area contributed by atoms with Gasteiger partial charge in [-0.05, 0) is 52.5 Å². The van der Waals surface area contributed by atoms with E-state index in [4.69, 9.17) is 5.84 Å². The van der Waals surface area contributed by atoms with Crippen molar-refractivity contribution in [3.63, 3.8) is 0 Å². The van der Waals surface area contributed by atoms with Crippen LogP contribution in [0.25, 0.3) is 0 Å². The fraction of sp³-hybridized carbons (Fsp3) is 0.214. The van der Waals surface area contributed by atoms with Crippen LogP contribution in [-0.4, -0.2) is 4.98 Å². The molecule has 0 aliphatic carbocycles. The number of hydrogen-bond donors (Lipinski definition) is 2. The molecule has 1 atom stereocenters. The van der Waals surface area contributed by atoms with Crippen molar-refractivity contribution in [2.45, 2.75) is 18.9 Å². The lowest BCUT2D eigenvalue weighted by molar-refractivity contribution is 0.452. The van der Waals surface area contributed by atoms with E-state index >= 15 is 0 Å². The fourth-order valence-corrected chi connectivity index (χ4v) is 2.38. The van der Waals surface area contributed by atoms with Gasteiger partial charge in [-0.3, -0.25) is 16.3 Å². The maximum Gasteiger partial charge on any atom is 0.145 e. The maximum atomic E-state index is 14.0. The molecule has 3 nitrogen and oxygen atoms in total. The number of hydrogen-bond acceptors (Lipinski definition) is 3. The van der Waals surface area contributed by atoms with Crippen molar-refractivity contribution in [3.05, 3.63) is 63.9 Å². The van der Waals surface area contributed by atoms with Crippen molar-refractivity contribution >= 4 is 15.9 Å². The van der Waals surface area contributed by atoms with Crippen LogP contribution in [0.4, 0.5) is 8.78 Å². The molecule has 0 bridgehead atoms. The number of aryl methyl sites for hydroxylation is 1. The van der Waals surface area contributed by atoms with Crippen LogP contribution in [0.2, 0.25) is 0 Å². The van der Waals surface area contributed by atoms with Gasteiger partial charge in [0.05, 0.1) is 10.5 Å². The van der Waals surface area contributed by atoms with Gasteiger partial charge in [-0.1, -0.05) is 6.07 Å². The van der Waals surface area contributed by atoms with E-state index in [9.17, 15) is 8.78 Å². The molecule has 0 saturated carbocycles. The second kappa shape index (κ2) is 6.88. The summed E-state index contributed by atoms with van der Waals surface area (Å²) in [6.45, 7) is 0. The van der Waals surface area contributed by atoms with Gasteiger partial charge in [0.1, 0.15) is 11.6 Å². The first-order valence-electron chi connectivity index (χ1n) is 6.12. The van der Waals surface area contributed by atoms with Crippen LogP contribution in [0.1, 0.15) is 23.6 Å². The summed E-state index contributed by atoms with van der Waals surface area (Å²) in [7, 11) is 0. The van der Waals surface area contributed by atoms with E-state index < -0.39 is 17.7 Å². The molecule has 0 aliphatic rings. The Bertz CT molecular complexity index is 578. The van der Waals surface area contributed by atoms with E-state index in [1.54, 1.807) is 12.4 Å². The first-order valence-corrected chi connectivity index (χ1v) is 6.91. The highest BCUT2D eigenvalue weighted by atomic mass is 79.9. The summed E-state index contributed by atoms with van der Waals surface area (Å²) in [6, 6.07) is 5.68. The second-order valence-corrected chi connectivity index (χ2v) is 5.23. The number of aromatic nitrogens is 1. The quantitative estimate of drug-likeness (QED) is 0.498. The zero-order valence-corrected chi connectivity index (χ0v) is 12.2. The smallest absolute Gasteiger partial charge is 0.145 e. The minimum atomic E-state index is -0.626. The Labute approximate surface area is 124 Å². The third kappa shape index (κ3) is 3.39. The Morgan fingerprint density at radius 1 is 1.30 bits per heavy atom. The molecular weight excluding hydrogens is 328 g/mol. The number of halogens is 3. The molecule has 0 saturated heterocycles. The van der Waals surface area contributed by atoms with Gasteiger partial charge in [0.2, 0.25) is 0 Å². The first kappa shape index (κ1) is 15.0. The summed E-state index contributed by atoms with van der Waals surface area (Å²) in [5.41, 5.74) is 3.42. The molecule has 106 valence electrons. The molecule has 0 radical (unpaired) electrons. The number of nitrogens with zero attached hydrogens (tertiary/aromatic N) is 1. The number of hydrazine groups is 1. The number of rotatable bonds is 5. The van der Waals surface area contributed by atoms with Crippen LogP contribution < -0.4 is 11.3 Å². The Kier molecular flexibility index (Phi) is 5.17. The summed E-state index contributed by atoms with van der Waals surface area (Å²) in [5, 5.41) is 0. The Morgan fingerprint density at radius 2 is 2.10 bits per heavy atom. The van der Waals surface area contributed by atoms with Crippen LogP contribution in [0.5, 0.6) is 0 Å². The summed E-state index contributed by atoms with van der Waals surface area (Å²) in [4.78, 5) is 4.00. The average molecular weight is 342 g/mol. The Hall–Kier alpha value is -1.37. The van der Waals surface area contributed by atoms with Gasteiger partial charge in [0.15, 0.2) is 0 Å². The van der Waals surface area contributed by atoms with Crippen molar-refractivity contribution in [3.8, 4) is 0 Å². The Balaban J connectivity index is 2.19. The fourth-order valence-electron chi connectivity index (χ4n) is 2.03. The van der Waals surface area contributed by atoms with Crippen LogP contribution >= 0.6 is 15.9 Å². The van der Waals surface area contributed by atoms with Gasteiger partial charge < -0.3 is 0 Å². The number of pyridine rings is 1. The van der Waals surface area contributed by atoms with Gasteiger partial charge in [0.25, 0.3) is 0 Å². The largest absolute Gasteiger partial charge is 0.271 e. The van der Waals surface area contributed by atoms with E-state index in [1.165, 1.54) is 12.1 Å². The molecule has 20 heavy (non-hydrogen) atoms. The summed E-state index contributed by atoms with van der Waals surface area (Å²) in [5.74, 6) is 4.21. The van der Waals surface area contributed by atoms with Gasteiger partial charge in [-0.2, -0.15) is 0 Å². The predicted molar refractivity (Wildman–Crippen MR) is 76.7 cm³/mol. The molecule has 1 aromatic carbocycles. The van der Waals surface area contributed by atoms with E-state index in [1.807, 2.05) is 12.1 Å². The lowest BCUT2D eigenvalue weighted by Crippen LogP contribution is -2.30. The minimum absolute atomic E-state index is 0.0502. The minimum Gasteiger partial charge on any atom is -0.271 e. The van der Waals surface area contributed by atoms with Crippen LogP contribution in [0.15, 0.2) is 41.1 Å². The highest BCUT2D eigenvalue weighted by molar-refractivity contribution is 9.10. The van der Waals surface area contributed by atoms with Crippen molar-refractivity contribution in [2.24, 2.45) is 5.84 Å². The molecule has 1 unspecified atom stereocenters. The van der Waals surface area contributed by atoms with Crippen molar-refractivity contribution in [2.75, 3.05) is 0 Å². The zero-order valence-electron chi connectivity index (χ0n) is 10.6. The summed E-state index contributed by atoms with van der Waals surface area (Å²) < 4.78 is 28.1. The molecule has 0 amide bonds. The molecule has 2 aromatic rings.